The lowest BCUT2D eigenvalue weighted by Gasteiger charge is -1.89. The SMILES string of the molecule is Cc1onc(-c2noc3c(N)c(C)sc23)c1C. The van der Waals surface area contributed by atoms with Gasteiger partial charge in [0.2, 0.25) is 5.58 Å². The monoisotopic (exact) mass is 249 g/mol. The molecule has 0 spiro atoms. The molecular formula is C11H11N3O2S. The molecule has 3 heterocycles. The first kappa shape index (κ1) is 10.3. The molecule has 17 heavy (non-hydrogen) atoms. The maximum atomic E-state index is 5.91. The maximum Gasteiger partial charge on any atom is 0.201 e. The Hall–Kier alpha value is -1.82. The van der Waals surface area contributed by atoms with Crippen molar-refractivity contribution >= 4 is 27.3 Å². The second kappa shape index (κ2) is 3.33. The van der Waals surface area contributed by atoms with E-state index in [2.05, 4.69) is 10.3 Å². The van der Waals surface area contributed by atoms with Crippen molar-refractivity contribution in [3.8, 4) is 11.4 Å². The summed E-state index contributed by atoms with van der Waals surface area (Å²) in [5, 5.41) is 8.05. The molecule has 0 aliphatic rings. The molecule has 6 heteroatoms. The van der Waals surface area contributed by atoms with Crippen molar-refractivity contribution in [2.75, 3.05) is 5.73 Å². The third kappa shape index (κ3) is 1.30. The molecule has 0 aromatic carbocycles. The summed E-state index contributed by atoms with van der Waals surface area (Å²) in [4.78, 5) is 1.03. The highest BCUT2D eigenvalue weighted by Gasteiger charge is 2.21. The first-order valence-electron chi connectivity index (χ1n) is 5.17. The zero-order chi connectivity index (χ0) is 12.2. The van der Waals surface area contributed by atoms with Crippen molar-refractivity contribution in [2.24, 2.45) is 0 Å². The van der Waals surface area contributed by atoms with Crippen molar-refractivity contribution < 1.29 is 9.05 Å². The van der Waals surface area contributed by atoms with E-state index in [-0.39, 0.29) is 0 Å². The third-order valence-corrected chi connectivity index (χ3v) is 4.02. The van der Waals surface area contributed by atoms with Crippen LogP contribution in [0, 0.1) is 20.8 Å². The molecular weight excluding hydrogens is 238 g/mol. The number of hydrogen-bond donors (Lipinski definition) is 1. The van der Waals surface area contributed by atoms with Gasteiger partial charge in [0.15, 0.2) is 5.69 Å². The summed E-state index contributed by atoms with van der Waals surface area (Å²) in [6, 6.07) is 0. The van der Waals surface area contributed by atoms with Crippen molar-refractivity contribution in [3.05, 3.63) is 16.2 Å². The Balaban J connectivity index is 2.31. The van der Waals surface area contributed by atoms with E-state index in [4.69, 9.17) is 14.8 Å². The molecule has 0 saturated carbocycles. The molecule has 2 N–H and O–H groups in total. The van der Waals surface area contributed by atoms with Crippen molar-refractivity contribution in [3.63, 3.8) is 0 Å². The fourth-order valence-corrected chi connectivity index (χ4v) is 2.68. The Morgan fingerprint density at radius 1 is 1.06 bits per heavy atom. The van der Waals surface area contributed by atoms with Gasteiger partial charge in [0.05, 0.1) is 5.69 Å². The molecule has 88 valence electrons. The fraction of sp³-hybridized carbons (Fsp3) is 0.273. The zero-order valence-corrected chi connectivity index (χ0v) is 10.5. The number of thiophene rings is 1. The third-order valence-electron chi connectivity index (χ3n) is 2.91. The van der Waals surface area contributed by atoms with Gasteiger partial charge in [-0.15, -0.1) is 11.3 Å². The number of nitrogens with zero attached hydrogens (tertiary/aromatic N) is 2. The molecule has 0 amide bonds. The number of anilines is 1. The van der Waals surface area contributed by atoms with Gasteiger partial charge in [-0.05, 0) is 20.8 Å². The number of aryl methyl sites for hydroxylation is 2. The van der Waals surface area contributed by atoms with Crippen LogP contribution in [0.3, 0.4) is 0 Å². The van der Waals surface area contributed by atoms with Gasteiger partial charge in [-0.1, -0.05) is 10.3 Å². The van der Waals surface area contributed by atoms with Gasteiger partial charge in [0.1, 0.15) is 16.2 Å². The predicted octanol–water partition coefficient (Wildman–Crippen LogP) is 3.05. The number of aromatic nitrogens is 2. The van der Waals surface area contributed by atoms with Crippen molar-refractivity contribution in [1.29, 1.82) is 0 Å². The van der Waals surface area contributed by atoms with E-state index in [0.717, 1.165) is 26.6 Å². The van der Waals surface area contributed by atoms with Gasteiger partial charge in [0.25, 0.3) is 0 Å². The molecule has 0 unspecified atom stereocenters. The minimum Gasteiger partial charge on any atom is -0.395 e. The van der Waals surface area contributed by atoms with E-state index in [1.54, 1.807) is 11.3 Å². The predicted molar refractivity (Wildman–Crippen MR) is 66.0 cm³/mol. The highest BCUT2D eigenvalue weighted by molar-refractivity contribution is 7.20. The minimum atomic E-state index is 0.641. The van der Waals surface area contributed by atoms with E-state index in [1.807, 2.05) is 20.8 Å². The van der Waals surface area contributed by atoms with Gasteiger partial charge in [-0.25, -0.2) is 0 Å². The maximum absolute atomic E-state index is 5.91. The van der Waals surface area contributed by atoms with Crippen LogP contribution in [0.2, 0.25) is 0 Å². The van der Waals surface area contributed by atoms with Gasteiger partial charge in [-0.3, -0.25) is 0 Å². The molecule has 0 bridgehead atoms. The molecule has 0 saturated heterocycles. The Bertz CT molecular complexity index is 708. The van der Waals surface area contributed by atoms with Crippen LogP contribution in [0.1, 0.15) is 16.2 Å². The van der Waals surface area contributed by atoms with E-state index in [0.29, 0.717) is 17.0 Å². The first-order chi connectivity index (χ1) is 8.09. The highest BCUT2D eigenvalue weighted by atomic mass is 32.1. The lowest BCUT2D eigenvalue weighted by molar-refractivity contribution is 0.397. The Morgan fingerprint density at radius 2 is 1.76 bits per heavy atom. The molecule has 0 aliphatic heterocycles. The topological polar surface area (TPSA) is 78.1 Å². The number of fused-ring (bicyclic) bond motifs is 1. The molecule has 3 aromatic rings. The van der Waals surface area contributed by atoms with Gasteiger partial charge in [-0.2, -0.15) is 0 Å². The lowest BCUT2D eigenvalue weighted by atomic mass is 10.2. The van der Waals surface area contributed by atoms with E-state index >= 15 is 0 Å². The molecule has 3 aromatic heterocycles. The van der Waals surface area contributed by atoms with Gasteiger partial charge >= 0.3 is 0 Å². The van der Waals surface area contributed by atoms with Crippen molar-refractivity contribution in [1.82, 2.24) is 10.3 Å². The summed E-state index contributed by atoms with van der Waals surface area (Å²) in [6.07, 6.45) is 0. The van der Waals surface area contributed by atoms with Gasteiger partial charge in [0, 0.05) is 10.4 Å². The van der Waals surface area contributed by atoms with Crippen LogP contribution in [0.15, 0.2) is 9.05 Å². The van der Waals surface area contributed by atoms with E-state index in [1.165, 1.54) is 0 Å². The average molecular weight is 249 g/mol. The second-order valence-corrected chi connectivity index (χ2v) is 5.20. The Kier molecular flexibility index (Phi) is 2.03. The summed E-state index contributed by atoms with van der Waals surface area (Å²) in [7, 11) is 0. The Morgan fingerprint density at radius 3 is 2.41 bits per heavy atom. The summed E-state index contributed by atoms with van der Waals surface area (Å²) >= 11 is 1.56. The minimum absolute atomic E-state index is 0.641. The average Bonchev–Trinajstić information content (AvgIpc) is 2.91. The zero-order valence-electron chi connectivity index (χ0n) is 9.70. The van der Waals surface area contributed by atoms with Crippen LogP contribution in [-0.4, -0.2) is 10.3 Å². The Labute approximate surface area is 101 Å². The summed E-state index contributed by atoms with van der Waals surface area (Å²) in [5.74, 6) is 0.789. The normalized spacial score (nSPS) is 11.5. The van der Waals surface area contributed by atoms with E-state index < -0.39 is 0 Å². The van der Waals surface area contributed by atoms with Crippen LogP contribution in [0.25, 0.3) is 21.7 Å². The van der Waals surface area contributed by atoms with Crippen LogP contribution in [0.4, 0.5) is 5.69 Å². The van der Waals surface area contributed by atoms with Crippen LogP contribution in [-0.2, 0) is 0 Å². The smallest absolute Gasteiger partial charge is 0.201 e. The van der Waals surface area contributed by atoms with Crippen LogP contribution in [0.5, 0.6) is 0 Å². The van der Waals surface area contributed by atoms with Crippen LogP contribution < -0.4 is 5.73 Å². The van der Waals surface area contributed by atoms with E-state index in [9.17, 15) is 0 Å². The molecule has 0 fully saturated rings. The number of nitrogens with two attached hydrogens (primary N) is 1. The number of hydrogen-bond acceptors (Lipinski definition) is 6. The lowest BCUT2D eigenvalue weighted by Crippen LogP contribution is -1.81. The summed E-state index contributed by atoms with van der Waals surface area (Å²) in [5.41, 5.74) is 9.61. The van der Waals surface area contributed by atoms with Gasteiger partial charge < -0.3 is 14.8 Å². The van der Waals surface area contributed by atoms with Crippen LogP contribution >= 0.6 is 11.3 Å². The fourth-order valence-electron chi connectivity index (χ4n) is 1.71. The molecule has 0 radical (unpaired) electrons. The standard InChI is InChI=1S/C11H11N3O2S/c1-4-5(2)15-13-8(4)9-11-10(16-14-9)7(12)6(3)17-11/h12H2,1-3H3. The second-order valence-electron chi connectivity index (χ2n) is 3.97. The largest absolute Gasteiger partial charge is 0.395 e. The molecule has 3 rings (SSSR count). The highest BCUT2D eigenvalue weighted by Crippen LogP contribution is 2.39. The molecule has 0 atom stereocenters. The summed E-state index contributed by atoms with van der Waals surface area (Å²) < 4.78 is 11.3. The number of nitrogen functional groups attached to an aromatic ring is 1. The quantitative estimate of drug-likeness (QED) is 0.717. The molecule has 5 nitrogen and oxygen atoms in total. The summed E-state index contributed by atoms with van der Waals surface area (Å²) in [6.45, 7) is 5.78. The number of rotatable bonds is 1. The first-order valence-corrected chi connectivity index (χ1v) is 5.98. The molecule has 0 aliphatic carbocycles. The van der Waals surface area contributed by atoms with Crippen molar-refractivity contribution in [2.45, 2.75) is 20.8 Å².